The molecule has 1 fully saturated rings. The molecule has 7 heteroatoms. The molecule has 140 valence electrons. The SMILES string of the molecule is CCC(CC)C(CNC(=O)c1cc(F)c(F)cc1Cl)N1CCOCC1. The van der Waals surface area contributed by atoms with E-state index in [-0.39, 0.29) is 16.6 Å². The Labute approximate surface area is 152 Å². The van der Waals surface area contributed by atoms with E-state index in [2.05, 4.69) is 24.1 Å². The summed E-state index contributed by atoms with van der Waals surface area (Å²) in [6.07, 6.45) is 2.00. The van der Waals surface area contributed by atoms with Crippen LogP contribution in [0.25, 0.3) is 0 Å². The number of ether oxygens (including phenoxy) is 1. The van der Waals surface area contributed by atoms with Gasteiger partial charge in [-0.25, -0.2) is 8.78 Å². The van der Waals surface area contributed by atoms with Crippen LogP contribution in [0.1, 0.15) is 37.0 Å². The maximum Gasteiger partial charge on any atom is 0.252 e. The van der Waals surface area contributed by atoms with Gasteiger partial charge >= 0.3 is 0 Å². The third kappa shape index (κ3) is 5.12. The highest BCUT2D eigenvalue weighted by Crippen LogP contribution is 2.22. The molecule has 1 heterocycles. The number of morpholine rings is 1. The van der Waals surface area contributed by atoms with Crippen molar-refractivity contribution in [2.24, 2.45) is 5.92 Å². The van der Waals surface area contributed by atoms with Crippen LogP contribution in [-0.4, -0.2) is 49.7 Å². The number of amides is 1. The summed E-state index contributed by atoms with van der Waals surface area (Å²) in [5.74, 6) is -2.21. The first kappa shape index (κ1) is 20.1. The van der Waals surface area contributed by atoms with Crippen molar-refractivity contribution in [2.45, 2.75) is 32.7 Å². The van der Waals surface area contributed by atoms with E-state index < -0.39 is 17.5 Å². The molecule has 1 aromatic rings. The third-order valence-electron chi connectivity index (χ3n) is 4.83. The molecule has 2 rings (SSSR count). The van der Waals surface area contributed by atoms with Gasteiger partial charge in [0.2, 0.25) is 0 Å². The van der Waals surface area contributed by atoms with Gasteiger partial charge in [-0.15, -0.1) is 0 Å². The lowest BCUT2D eigenvalue weighted by Gasteiger charge is -2.38. The standard InChI is InChI=1S/C18H25ClF2N2O2/c1-3-12(4-2)17(23-5-7-25-8-6-23)11-22-18(24)13-9-15(20)16(21)10-14(13)19/h9-10,12,17H,3-8,11H2,1-2H3,(H,22,24). The number of rotatable bonds is 7. The highest BCUT2D eigenvalue weighted by atomic mass is 35.5. The Morgan fingerprint density at radius 3 is 2.44 bits per heavy atom. The minimum Gasteiger partial charge on any atom is -0.379 e. The first-order valence-electron chi connectivity index (χ1n) is 8.72. The topological polar surface area (TPSA) is 41.6 Å². The first-order valence-corrected chi connectivity index (χ1v) is 9.10. The van der Waals surface area contributed by atoms with Gasteiger partial charge in [0.1, 0.15) is 0 Å². The number of hydrogen-bond donors (Lipinski definition) is 1. The second kappa shape index (κ2) is 9.46. The van der Waals surface area contributed by atoms with Gasteiger partial charge in [0.15, 0.2) is 11.6 Å². The molecule has 0 spiro atoms. The Morgan fingerprint density at radius 2 is 1.84 bits per heavy atom. The van der Waals surface area contributed by atoms with Crippen molar-refractivity contribution in [3.05, 3.63) is 34.4 Å². The molecule has 1 saturated heterocycles. The van der Waals surface area contributed by atoms with Gasteiger partial charge in [-0.2, -0.15) is 0 Å². The summed E-state index contributed by atoms with van der Waals surface area (Å²) in [7, 11) is 0. The lowest BCUT2D eigenvalue weighted by atomic mass is 9.92. The van der Waals surface area contributed by atoms with Crippen molar-refractivity contribution in [1.29, 1.82) is 0 Å². The lowest BCUT2D eigenvalue weighted by molar-refractivity contribution is 0.00191. The summed E-state index contributed by atoms with van der Waals surface area (Å²) in [4.78, 5) is 14.7. The van der Waals surface area contributed by atoms with E-state index in [1.54, 1.807) is 0 Å². The quantitative estimate of drug-likeness (QED) is 0.743. The zero-order valence-electron chi connectivity index (χ0n) is 14.7. The molecule has 1 aliphatic rings. The van der Waals surface area contributed by atoms with Crippen molar-refractivity contribution < 1.29 is 18.3 Å². The summed E-state index contributed by atoms with van der Waals surface area (Å²) in [6, 6.07) is 1.84. The minimum atomic E-state index is -1.08. The fourth-order valence-electron chi connectivity index (χ4n) is 3.32. The smallest absolute Gasteiger partial charge is 0.252 e. The van der Waals surface area contributed by atoms with E-state index >= 15 is 0 Å². The van der Waals surface area contributed by atoms with Crippen LogP contribution in [0.15, 0.2) is 12.1 Å². The number of halogens is 3. The highest BCUT2D eigenvalue weighted by molar-refractivity contribution is 6.33. The van der Waals surface area contributed by atoms with Gasteiger partial charge < -0.3 is 10.1 Å². The molecular weight excluding hydrogens is 350 g/mol. The summed E-state index contributed by atoms with van der Waals surface area (Å²) in [5.41, 5.74) is -0.0501. The molecular formula is C18H25ClF2N2O2. The summed E-state index contributed by atoms with van der Waals surface area (Å²) < 4.78 is 32.0. The third-order valence-corrected chi connectivity index (χ3v) is 5.15. The Hall–Kier alpha value is -1.24. The molecule has 0 saturated carbocycles. The predicted octanol–water partition coefficient (Wildman–Crippen LogP) is 3.49. The number of nitrogens with zero attached hydrogens (tertiary/aromatic N) is 1. The number of carbonyl (C=O) groups excluding carboxylic acids is 1. The fourth-order valence-corrected chi connectivity index (χ4v) is 3.56. The monoisotopic (exact) mass is 374 g/mol. The molecule has 4 nitrogen and oxygen atoms in total. The Bertz CT molecular complexity index is 591. The van der Waals surface area contributed by atoms with Crippen LogP contribution in [0.5, 0.6) is 0 Å². The van der Waals surface area contributed by atoms with Crippen molar-refractivity contribution in [2.75, 3.05) is 32.8 Å². The van der Waals surface area contributed by atoms with E-state index in [1.165, 1.54) is 0 Å². The molecule has 0 bridgehead atoms. The van der Waals surface area contributed by atoms with Gasteiger partial charge in [-0.05, 0) is 18.1 Å². The lowest BCUT2D eigenvalue weighted by Crippen LogP contribution is -2.52. The molecule has 1 atom stereocenters. The summed E-state index contributed by atoms with van der Waals surface area (Å²) in [5, 5.41) is 2.74. The Morgan fingerprint density at radius 1 is 1.24 bits per heavy atom. The maximum atomic E-state index is 13.4. The minimum absolute atomic E-state index is 0.0501. The van der Waals surface area contributed by atoms with E-state index in [9.17, 15) is 13.6 Å². The van der Waals surface area contributed by atoms with Gasteiger partial charge in [-0.1, -0.05) is 38.3 Å². The van der Waals surface area contributed by atoms with E-state index in [1.807, 2.05) is 0 Å². The number of carbonyl (C=O) groups is 1. The van der Waals surface area contributed by atoms with E-state index in [0.717, 1.165) is 38.1 Å². The normalized spacial score (nSPS) is 16.9. The van der Waals surface area contributed by atoms with Crippen LogP contribution in [0.4, 0.5) is 8.78 Å². The highest BCUT2D eigenvalue weighted by Gasteiger charge is 2.27. The largest absolute Gasteiger partial charge is 0.379 e. The fraction of sp³-hybridized carbons (Fsp3) is 0.611. The van der Waals surface area contributed by atoms with Crippen LogP contribution in [0.3, 0.4) is 0 Å². The zero-order valence-corrected chi connectivity index (χ0v) is 15.4. The summed E-state index contributed by atoms with van der Waals surface area (Å²) >= 11 is 5.88. The predicted molar refractivity (Wildman–Crippen MR) is 94.0 cm³/mol. The average molecular weight is 375 g/mol. The molecule has 25 heavy (non-hydrogen) atoms. The molecule has 1 amide bonds. The van der Waals surface area contributed by atoms with Crippen LogP contribution >= 0.6 is 11.6 Å². The van der Waals surface area contributed by atoms with Crippen molar-refractivity contribution >= 4 is 17.5 Å². The van der Waals surface area contributed by atoms with E-state index in [4.69, 9.17) is 16.3 Å². The van der Waals surface area contributed by atoms with Crippen molar-refractivity contribution in [1.82, 2.24) is 10.2 Å². The molecule has 0 aromatic heterocycles. The van der Waals surface area contributed by atoms with Crippen LogP contribution in [-0.2, 0) is 4.74 Å². The second-order valence-corrected chi connectivity index (χ2v) is 6.66. The Kier molecular flexibility index (Phi) is 7.59. The number of nitrogens with one attached hydrogen (secondary N) is 1. The van der Waals surface area contributed by atoms with E-state index in [0.29, 0.717) is 25.7 Å². The molecule has 1 N–H and O–H groups in total. The molecule has 0 aliphatic carbocycles. The van der Waals surface area contributed by atoms with Gasteiger partial charge in [-0.3, -0.25) is 9.69 Å². The molecule has 0 radical (unpaired) electrons. The Balaban J connectivity index is 2.08. The number of hydrogen-bond acceptors (Lipinski definition) is 3. The second-order valence-electron chi connectivity index (χ2n) is 6.25. The van der Waals surface area contributed by atoms with Crippen molar-refractivity contribution in [3.8, 4) is 0 Å². The van der Waals surface area contributed by atoms with Crippen LogP contribution in [0.2, 0.25) is 5.02 Å². The average Bonchev–Trinajstić information content (AvgIpc) is 2.62. The van der Waals surface area contributed by atoms with Crippen LogP contribution in [0, 0.1) is 17.6 Å². The van der Waals surface area contributed by atoms with Gasteiger partial charge in [0, 0.05) is 25.7 Å². The van der Waals surface area contributed by atoms with Crippen molar-refractivity contribution in [3.63, 3.8) is 0 Å². The summed E-state index contributed by atoms with van der Waals surface area (Å²) in [6.45, 7) is 7.71. The number of benzene rings is 1. The van der Waals surface area contributed by atoms with Crippen LogP contribution < -0.4 is 5.32 Å². The van der Waals surface area contributed by atoms with Gasteiger partial charge in [0.05, 0.1) is 23.8 Å². The molecule has 1 aromatic carbocycles. The molecule has 1 aliphatic heterocycles. The van der Waals surface area contributed by atoms with Gasteiger partial charge in [0.25, 0.3) is 5.91 Å². The zero-order chi connectivity index (χ0) is 18.4. The maximum absolute atomic E-state index is 13.4. The first-order chi connectivity index (χ1) is 12.0. The molecule has 1 unspecified atom stereocenters.